The Labute approximate surface area is 120 Å². The van der Waals surface area contributed by atoms with Gasteiger partial charge in [-0.2, -0.15) is 0 Å². The van der Waals surface area contributed by atoms with Crippen molar-refractivity contribution in [2.75, 3.05) is 10.6 Å². The van der Waals surface area contributed by atoms with Crippen LogP contribution in [0.3, 0.4) is 0 Å². The number of carboxylic acid groups (broad SMARTS) is 1. The highest BCUT2D eigenvalue weighted by Gasteiger charge is 2.11. The van der Waals surface area contributed by atoms with E-state index in [4.69, 9.17) is 5.11 Å². The van der Waals surface area contributed by atoms with Crippen molar-refractivity contribution >= 4 is 23.4 Å². The van der Waals surface area contributed by atoms with Gasteiger partial charge in [-0.05, 0) is 42.8 Å². The molecule has 3 N–H and O–H groups in total. The van der Waals surface area contributed by atoms with Gasteiger partial charge in [0.05, 0.1) is 5.56 Å². The molecule has 0 spiro atoms. The first-order valence-corrected chi connectivity index (χ1v) is 6.13. The molecule has 2 rings (SSSR count). The second-order valence-corrected chi connectivity index (χ2v) is 4.45. The molecule has 0 radical (unpaired) electrons. The molecule has 2 aromatic carbocycles. The molecule has 21 heavy (non-hydrogen) atoms. The average molecular weight is 288 g/mol. The second-order valence-electron chi connectivity index (χ2n) is 4.45. The Morgan fingerprint density at radius 2 is 1.71 bits per heavy atom. The molecule has 2 aromatic rings. The lowest BCUT2D eigenvalue weighted by molar-refractivity contribution is 0.0692. The van der Waals surface area contributed by atoms with Crippen LogP contribution in [0.15, 0.2) is 42.5 Å². The number of aryl methyl sites for hydroxylation is 1. The highest BCUT2D eigenvalue weighted by molar-refractivity contribution is 6.00. The van der Waals surface area contributed by atoms with Crippen LogP contribution in [0.5, 0.6) is 0 Å². The van der Waals surface area contributed by atoms with Gasteiger partial charge >= 0.3 is 12.0 Å². The molecule has 0 saturated heterocycles. The number of benzene rings is 2. The predicted octanol–water partition coefficient (Wildman–Crippen LogP) is 3.48. The minimum absolute atomic E-state index is 0.169. The quantitative estimate of drug-likeness (QED) is 0.809. The first-order valence-electron chi connectivity index (χ1n) is 6.13. The van der Waals surface area contributed by atoms with Gasteiger partial charge in [0, 0.05) is 11.4 Å². The average Bonchev–Trinajstić information content (AvgIpc) is 2.38. The Balaban J connectivity index is 2.06. The molecule has 0 saturated carbocycles. The molecule has 0 aliphatic heterocycles. The number of carbonyl (C=O) groups is 2. The summed E-state index contributed by atoms with van der Waals surface area (Å²) in [6.45, 7) is 1.89. The molecule has 5 nitrogen and oxygen atoms in total. The summed E-state index contributed by atoms with van der Waals surface area (Å²) in [4.78, 5) is 22.5. The highest BCUT2D eigenvalue weighted by Crippen LogP contribution is 2.15. The summed E-state index contributed by atoms with van der Waals surface area (Å²) in [6.07, 6.45) is 0. The molecule has 0 heterocycles. The SMILES string of the molecule is Cc1cccc(NC(=O)Nc2ccc(C(=O)O)c(F)c2)c1. The number of aromatic carboxylic acids is 1. The van der Waals surface area contributed by atoms with Gasteiger partial charge in [-0.15, -0.1) is 0 Å². The third kappa shape index (κ3) is 3.79. The standard InChI is InChI=1S/C15H13FN2O3/c1-9-3-2-4-10(7-9)17-15(21)18-11-5-6-12(14(19)20)13(16)8-11/h2-8H,1H3,(H,19,20)(H2,17,18,21). The monoisotopic (exact) mass is 288 g/mol. The first kappa shape index (κ1) is 14.5. The van der Waals surface area contributed by atoms with Crippen LogP contribution < -0.4 is 10.6 Å². The van der Waals surface area contributed by atoms with E-state index in [1.807, 2.05) is 13.0 Å². The van der Waals surface area contributed by atoms with E-state index >= 15 is 0 Å². The van der Waals surface area contributed by atoms with Crippen LogP contribution in [-0.4, -0.2) is 17.1 Å². The van der Waals surface area contributed by atoms with Crippen molar-refractivity contribution in [3.8, 4) is 0 Å². The summed E-state index contributed by atoms with van der Waals surface area (Å²) in [6, 6.07) is 10.0. The Bertz CT molecular complexity index is 701. The number of hydrogen-bond donors (Lipinski definition) is 3. The van der Waals surface area contributed by atoms with Crippen LogP contribution in [0.4, 0.5) is 20.6 Å². The summed E-state index contributed by atoms with van der Waals surface area (Å²) < 4.78 is 13.5. The largest absolute Gasteiger partial charge is 0.478 e. The van der Waals surface area contributed by atoms with Crippen molar-refractivity contribution in [2.24, 2.45) is 0 Å². The summed E-state index contributed by atoms with van der Waals surface area (Å²) in [7, 11) is 0. The lowest BCUT2D eigenvalue weighted by Crippen LogP contribution is -2.19. The third-order valence-electron chi connectivity index (χ3n) is 2.73. The smallest absolute Gasteiger partial charge is 0.338 e. The molecule has 0 bridgehead atoms. The number of rotatable bonds is 3. The van der Waals surface area contributed by atoms with Crippen LogP contribution in [0.25, 0.3) is 0 Å². The van der Waals surface area contributed by atoms with Crippen LogP contribution >= 0.6 is 0 Å². The lowest BCUT2D eigenvalue weighted by Gasteiger charge is -2.09. The maximum atomic E-state index is 13.5. The molecule has 0 atom stereocenters. The summed E-state index contributed by atoms with van der Waals surface area (Å²) in [5.74, 6) is -2.26. The van der Waals surface area contributed by atoms with Crippen LogP contribution in [-0.2, 0) is 0 Å². The van der Waals surface area contributed by atoms with Crippen molar-refractivity contribution in [3.63, 3.8) is 0 Å². The van der Waals surface area contributed by atoms with Crippen molar-refractivity contribution in [2.45, 2.75) is 6.92 Å². The van der Waals surface area contributed by atoms with Gasteiger partial charge < -0.3 is 15.7 Å². The van der Waals surface area contributed by atoms with Crippen molar-refractivity contribution in [3.05, 3.63) is 59.4 Å². The number of nitrogens with one attached hydrogen (secondary N) is 2. The van der Waals surface area contributed by atoms with Crippen LogP contribution in [0.1, 0.15) is 15.9 Å². The normalized spacial score (nSPS) is 10.0. The van der Waals surface area contributed by atoms with Gasteiger partial charge in [0.15, 0.2) is 0 Å². The van der Waals surface area contributed by atoms with Crippen LogP contribution in [0.2, 0.25) is 0 Å². The zero-order valence-electron chi connectivity index (χ0n) is 11.2. The Morgan fingerprint density at radius 1 is 1.05 bits per heavy atom. The van der Waals surface area contributed by atoms with Crippen molar-refractivity contribution in [1.29, 1.82) is 0 Å². The number of anilines is 2. The van der Waals surface area contributed by atoms with Gasteiger partial charge in [0.25, 0.3) is 0 Å². The Hall–Kier alpha value is -2.89. The number of carboxylic acids is 1. The fourth-order valence-electron chi connectivity index (χ4n) is 1.78. The Kier molecular flexibility index (Phi) is 4.18. The number of halogens is 1. The maximum absolute atomic E-state index is 13.5. The first-order chi connectivity index (χ1) is 9.95. The van der Waals surface area contributed by atoms with E-state index < -0.39 is 23.4 Å². The summed E-state index contributed by atoms with van der Waals surface area (Å²) in [5.41, 5.74) is 1.32. The summed E-state index contributed by atoms with van der Waals surface area (Å²) >= 11 is 0. The molecule has 0 fully saturated rings. The van der Waals surface area contributed by atoms with E-state index in [1.54, 1.807) is 18.2 Å². The van der Waals surface area contributed by atoms with E-state index in [0.29, 0.717) is 5.69 Å². The number of carbonyl (C=O) groups excluding carboxylic acids is 1. The maximum Gasteiger partial charge on any atom is 0.338 e. The second kappa shape index (κ2) is 6.04. The van der Waals surface area contributed by atoms with Crippen LogP contribution in [0, 0.1) is 12.7 Å². The molecule has 6 heteroatoms. The Morgan fingerprint density at radius 3 is 2.29 bits per heavy atom. The lowest BCUT2D eigenvalue weighted by atomic mass is 10.2. The fraction of sp³-hybridized carbons (Fsp3) is 0.0667. The van der Waals surface area contributed by atoms with Crippen molar-refractivity contribution < 1.29 is 19.1 Å². The molecule has 0 aliphatic rings. The predicted molar refractivity (Wildman–Crippen MR) is 77.2 cm³/mol. The highest BCUT2D eigenvalue weighted by atomic mass is 19.1. The number of amides is 2. The molecule has 2 amide bonds. The van der Waals surface area contributed by atoms with E-state index in [1.165, 1.54) is 6.07 Å². The van der Waals surface area contributed by atoms with E-state index in [-0.39, 0.29) is 5.69 Å². The van der Waals surface area contributed by atoms with Gasteiger partial charge in [-0.25, -0.2) is 14.0 Å². The van der Waals surface area contributed by atoms with Gasteiger partial charge in [0.1, 0.15) is 5.82 Å². The van der Waals surface area contributed by atoms with Crippen molar-refractivity contribution in [1.82, 2.24) is 0 Å². The molecule has 0 aliphatic carbocycles. The fourth-order valence-corrected chi connectivity index (χ4v) is 1.78. The molecular formula is C15H13FN2O3. The van der Waals surface area contributed by atoms with Gasteiger partial charge in [0.2, 0.25) is 0 Å². The van der Waals surface area contributed by atoms with Gasteiger partial charge in [-0.1, -0.05) is 12.1 Å². The topological polar surface area (TPSA) is 78.4 Å². The summed E-state index contributed by atoms with van der Waals surface area (Å²) in [5, 5.41) is 13.8. The van der Waals surface area contributed by atoms with E-state index in [2.05, 4.69) is 10.6 Å². The van der Waals surface area contributed by atoms with E-state index in [9.17, 15) is 14.0 Å². The molecule has 0 aromatic heterocycles. The number of urea groups is 1. The minimum atomic E-state index is -1.36. The number of hydrogen-bond acceptors (Lipinski definition) is 2. The molecule has 108 valence electrons. The minimum Gasteiger partial charge on any atom is -0.478 e. The van der Waals surface area contributed by atoms with Gasteiger partial charge in [-0.3, -0.25) is 0 Å². The zero-order valence-corrected chi connectivity index (χ0v) is 11.2. The zero-order chi connectivity index (χ0) is 15.4. The molecular weight excluding hydrogens is 275 g/mol. The third-order valence-corrected chi connectivity index (χ3v) is 2.73. The molecule has 0 unspecified atom stereocenters. The van der Waals surface area contributed by atoms with E-state index in [0.717, 1.165) is 17.7 Å².